The van der Waals surface area contributed by atoms with Crippen LogP contribution in [-0.2, 0) is 0 Å². The maximum absolute atomic E-state index is 6.08. The molecule has 2 atom stereocenters. The minimum atomic E-state index is 0.422. The maximum Gasteiger partial charge on any atom is 0.00631 e. The quantitative estimate of drug-likeness (QED) is 0.752. The molecule has 2 unspecified atom stereocenters. The van der Waals surface area contributed by atoms with E-state index >= 15 is 0 Å². The predicted octanol–water partition coefficient (Wildman–Crippen LogP) is 4.72. The molecule has 23 heavy (non-hydrogen) atoms. The van der Waals surface area contributed by atoms with Gasteiger partial charge in [0.2, 0.25) is 0 Å². The van der Waals surface area contributed by atoms with Crippen LogP contribution in [0, 0.1) is 12.8 Å². The Bertz CT molecular complexity index is 449. The van der Waals surface area contributed by atoms with E-state index in [4.69, 9.17) is 5.73 Å². The first-order valence-corrected chi connectivity index (χ1v) is 9.68. The van der Waals surface area contributed by atoms with Crippen molar-refractivity contribution < 1.29 is 0 Å². The summed E-state index contributed by atoms with van der Waals surface area (Å²) in [6.07, 6.45) is 7.62. The number of benzene rings is 1. The lowest BCUT2D eigenvalue weighted by Gasteiger charge is -2.36. The van der Waals surface area contributed by atoms with Crippen LogP contribution >= 0.6 is 0 Å². The monoisotopic (exact) mass is 316 g/mol. The van der Waals surface area contributed by atoms with Crippen LogP contribution in [-0.4, -0.2) is 30.6 Å². The van der Waals surface area contributed by atoms with Crippen molar-refractivity contribution in [2.45, 2.75) is 71.3 Å². The molecule has 0 saturated carbocycles. The number of nitrogens with zero attached hydrogens (tertiary/aromatic N) is 1. The fraction of sp³-hybridized carbons (Fsp3) is 0.714. The minimum Gasteiger partial charge on any atom is -0.328 e. The summed E-state index contributed by atoms with van der Waals surface area (Å²) < 4.78 is 0. The first-order chi connectivity index (χ1) is 11.1. The molecular weight excluding hydrogens is 280 g/mol. The van der Waals surface area contributed by atoms with Crippen molar-refractivity contribution in [2.24, 2.45) is 11.7 Å². The highest BCUT2D eigenvalue weighted by atomic mass is 15.1. The lowest BCUT2D eigenvalue weighted by atomic mass is 9.80. The first-order valence-electron chi connectivity index (χ1n) is 9.68. The van der Waals surface area contributed by atoms with Crippen molar-refractivity contribution in [3.8, 4) is 0 Å². The maximum atomic E-state index is 6.08. The van der Waals surface area contributed by atoms with Gasteiger partial charge in [-0.15, -0.1) is 0 Å². The second kappa shape index (κ2) is 9.44. The molecule has 1 aromatic rings. The molecular formula is C21H36N2. The number of piperidine rings is 1. The van der Waals surface area contributed by atoms with Gasteiger partial charge in [-0.05, 0) is 56.7 Å². The van der Waals surface area contributed by atoms with Gasteiger partial charge in [-0.2, -0.15) is 0 Å². The molecule has 0 aromatic heterocycles. The Kier molecular flexibility index (Phi) is 7.58. The van der Waals surface area contributed by atoms with Gasteiger partial charge in [-0.1, -0.05) is 62.9 Å². The summed E-state index contributed by atoms with van der Waals surface area (Å²) in [5.41, 5.74) is 9.02. The standard InChI is InChI=1S/C21H36N2/c1-4-6-9-18(5-2)21(19-10-7-8-17(3)15-19)16-23-13-11-20(22)12-14-23/h7-8,10,15,18,20-21H,4-6,9,11-14,16,22H2,1-3H3. The summed E-state index contributed by atoms with van der Waals surface area (Å²) in [4.78, 5) is 2.66. The molecule has 2 rings (SSSR count). The van der Waals surface area contributed by atoms with E-state index in [1.165, 1.54) is 50.9 Å². The van der Waals surface area contributed by atoms with E-state index in [0.717, 1.165) is 18.8 Å². The van der Waals surface area contributed by atoms with Gasteiger partial charge < -0.3 is 10.6 Å². The Labute approximate surface area is 143 Å². The van der Waals surface area contributed by atoms with Crippen molar-refractivity contribution in [3.05, 3.63) is 35.4 Å². The van der Waals surface area contributed by atoms with E-state index in [1.807, 2.05) is 0 Å². The average Bonchev–Trinajstić information content (AvgIpc) is 2.56. The molecule has 1 saturated heterocycles. The molecule has 0 aliphatic carbocycles. The van der Waals surface area contributed by atoms with Crippen LogP contribution in [0.4, 0.5) is 0 Å². The molecule has 1 aliphatic rings. The smallest absolute Gasteiger partial charge is 0.00631 e. The molecule has 2 N–H and O–H groups in total. The fourth-order valence-corrected chi connectivity index (χ4v) is 4.00. The fourth-order valence-electron chi connectivity index (χ4n) is 4.00. The van der Waals surface area contributed by atoms with E-state index in [-0.39, 0.29) is 0 Å². The molecule has 0 bridgehead atoms. The highest BCUT2D eigenvalue weighted by Gasteiger charge is 2.26. The molecule has 1 heterocycles. The molecule has 0 amide bonds. The van der Waals surface area contributed by atoms with Crippen molar-refractivity contribution in [3.63, 3.8) is 0 Å². The van der Waals surface area contributed by atoms with E-state index in [0.29, 0.717) is 12.0 Å². The summed E-state index contributed by atoms with van der Waals surface area (Å²) in [5.74, 6) is 1.47. The van der Waals surface area contributed by atoms with Gasteiger partial charge in [-0.3, -0.25) is 0 Å². The molecule has 1 aliphatic heterocycles. The zero-order valence-corrected chi connectivity index (χ0v) is 15.4. The number of aryl methyl sites for hydroxylation is 1. The Balaban J connectivity index is 2.12. The highest BCUT2D eigenvalue weighted by molar-refractivity contribution is 5.26. The average molecular weight is 317 g/mol. The third-order valence-electron chi connectivity index (χ3n) is 5.58. The lowest BCUT2D eigenvalue weighted by molar-refractivity contribution is 0.179. The summed E-state index contributed by atoms with van der Waals surface area (Å²) in [5, 5.41) is 0. The largest absolute Gasteiger partial charge is 0.328 e. The van der Waals surface area contributed by atoms with Gasteiger partial charge >= 0.3 is 0 Å². The van der Waals surface area contributed by atoms with Crippen molar-refractivity contribution >= 4 is 0 Å². The van der Waals surface area contributed by atoms with Gasteiger partial charge in [0.25, 0.3) is 0 Å². The molecule has 130 valence electrons. The number of hydrogen-bond acceptors (Lipinski definition) is 2. The topological polar surface area (TPSA) is 29.3 Å². The number of rotatable bonds is 8. The number of unbranched alkanes of at least 4 members (excludes halogenated alkanes) is 1. The highest BCUT2D eigenvalue weighted by Crippen LogP contribution is 2.33. The van der Waals surface area contributed by atoms with Gasteiger partial charge in [0, 0.05) is 12.6 Å². The molecule has 0 spiro atoms. The summed E-state index contributed by atoms with van der Waals surface area (Å²) in [7, 11) is 0. The molecule has 0 radical (unpaired) electrons. The van der Waals surface area contributed by atoms with Crippen LogP contribution in [0.1, 0.15) is 69.4 Å². The van der Waals surface area contributed by atoms with Crippen molar-refractivity contribution in [2.75, 3.05) is 19.6 Å². The van der Waals surface area contributed by atoms with Crippen LogP contribution in [0.15, 0.2) is 24.3 Å². The van der Waals surface area contributed by atoms with Crippen LogP contribution in [0.25, 0.3) is 0 Å². The number of hydrogen-bond donors (Lipinski definition) is 1. The summed E-state index contributed by atoms with van der Waals surface area (Å²) in [6.45, 7) is 10.4. The van der Waals surface area contributed by atoms with E-state index in [2.05, 4.69) is 49.9 Å². The first kappa shape index (κ1) is 18.5. The third kappa shape index (κ3) is 5.61. The zero-order valence-electron chi connectivity index (χ0n) is 15.4. The normalized spacial score (nSPS) is 19.7. The lowest BCUT2D eigenvalue weighted by Crippen LogP contribution is -2.42. The third-order valence-corrected chi connectivity index (χ3v) is 5.58. The SMILES string of the molecule is CCCCC(CC)C(CN1CCC(N)CC1)c1cccc(C)c1. The molecule has 2 heteroatoms. The Morgan fingerprint density at radius 2 is 1.96 bits per heavy atom. The summed E-state index contributed by atoms with van der Waals surface area (Å²) in [6, 6.07) is 9.63. The Morgan fingerprint density at radius 3 is 2.57 bits per heavy atom. The Morgan fingerprint density at radius 1 is 1.22 bits per heavy atom. The molecule has 1 fully saturated rings. The predicted molar refractivity (Wildman–Crippen MR) is 101 cm³/mol. The van der Waals surface area contributed by atoms with Gasteiger partial charge in [0.1, 0.15) is 0 Å². The zero-order chi connectivity index (χ0) is 16.7. The van der Waals surface area contributed by atoms with Crippen molar-refractivity contribution in [1.82, 2.24) is 4.90 Å². The van der Waals surface area contributed by atoms with Gasteiger partial charge in [0.05, 0.1) is 0 Å². The number of likely N-dealkylation sites (tertiary alicyclic amines) is 1. The second-order valence-electron chi connectivity index (χ2n) is 7.47. The Hall–Kier alpha value is -0.860. The molecule has 1 aromatic carbocycles. The van der Waals surface area contributed by atoms with Crippen LogP contribution in [0.3, 0.4) is 0 Å². The van der Waals surface area contributed by atoms with E-state index in [1.54, 1.807) is 5.56 Å². The van der Waals surface area contributed by atoms with Gasteiger partial charge in [-0.25, -0.2) is 0 Å². The molecule has 2 nitrogen and oxygen atoms in total. The van der Waals surface area contributed by atoms with Crippen LogP contribution in [0.5, 0.6) is 0 Å². The van der Waals surface area contributed by atoms with Crippen LogP contribution in [0.2, 0.25) is 0 Å². The minimum absolute atomic E-state index is 0.422. The van der Waals surface area contributed by atoms with Crippen LogP contribution < -0.4 is 5.73 Å². The second-order valence-corrected chi connectivity index (χ2v) is 7.47. The van der Waals surface area contributed by atoms with Gasteiger partial charge in [0.15, 0.2) is 0 Å². The van der Waals surface area contributed by atoms with E-state index in [9.17, 15) is 0 Å². The number of nitrogens with two attached hydrogens (primary N) is 1. The van der Waals surface area contributed by atoms with E-state index < -0.39 is 0 Å². The summed E-state index contributed by atoms with van der Waals surface area (Å²) >= 11 is 0. The van der Waals surface area contributed by atoms with Crippen molar-refractivity contribution in [1.29, 1.82) is 0 Å².